The number of nitrogens with one attached hydrogen (secondary N) is 1. The fraction of sp³-hybridized carbons (Fsp3) is 0.208. The van der Waals surface area contributed by atoms with E-state index in [0.29, 0.717) is 35.1 Å². The quantitative estimate of drug-likeness (QED) is 0.297. The van der Waals surface area contributed by atoms with Crippen molar-refractivity contribution in [1.82, 2.24) is 14.9 Å². The van der Waals surface area contributed by atoms with E-state index in [9.17, 15) is 9.59 Å². The molecule has 164 valence electrons. The number of hydrogen-bond acceptors (Lipinski definition) is 6. The van der Waals surface area contributed by atoms with Crippen molar-refractivity contribution in [2.75, 3.05) is 19.5 Å². The minimum absolute atomic E-state index is 0.109. The summed E-state index contributed by atoms with van der Waals surface area (Å²) < 4.78 is 6.82. The summed E-state index contributed by atoms with van der Waals surface area (Å²) in [6, 6.07) is 19.6. The molecule has 0 aliphatic rings. The van der Waals surface area contributed by atoms with Crippen LogP contribution in [0.4, 0.5) is 0 Å². The lowest BCUT2D eigenvalue weighted by atomic mass is 10.1. The number of carbonyl (C=O) groups is 1. The minimum Gasteiger partial charge on any atom is -0.383 e. The van der Waals surface area contributed by atoms with Gasteiger partial charge in [0.15, 0.2) is 5.16 Å². The van der Waals surface area contributed by atoms with Crippen molar-refractivity contribution < 1.29 is 9.53 Å². The van der Waals surface area contributed by atoms with Crippen LogP contribution in [0.25, 0.3) is 21.3 Å². The number of ether oxygens (including phenoxy) is 1. The number of hydrogen-bond donors (Lipinski definition) is 1. The number of aromatic nitrogens is 2. The molecule has 2 aromatic carbocycles. The van der Waals surface area contributed by atoms with E-state index in [1.54, 1.807) is 11.7 Å². The van der Waals surface area contributed by atoms with Gasteiger partial charge in [0.05, 0.1) is 24.3 Å². The van der Waals surface area contributed by atoms with Crippen LogP contribution < -0.4 is 10.9 Å². The molecular formula is C24H23N3O3S2. The van der Waals surface area contributed by atoms with E-state index in [1.165, 1.54) is 23.1 Å². The Hall–Kier alpha value is -2.94. The van der Waals surface area contributed by atoms with Crippen LogP contribution in [0.15, 0.2) is 76.0 Å². The normalized spacial score (nSPS) is 11.0. The third-order valence-corrected chi connectivity index (χ3v) is 6.78. The number of nitrogens with zero attached hydrogens (tertiary/aromatic N) is 2. The van der Waals surface area contributed by atoms with Crippen LogP contribution in [0.3, 0.4) is 0 Å². The summed E-state index contributed by atoms with van der Waals surface area (Å²) in [5.41, 5.74) is 2.79. The van der Waals surface area contributed by atoms with E-state index < -0.39 is 0 Å². The van der Waals surface area contributed by atoms with E-state index in [0.717, 1.165) is 16.7 Å². The van der Waals surface area contributed by atoms with Crippen LogP contribution >= 0.6 is 23.1 Å². The molecule has 4 rings (SSSR count). The Bertz CT molecular complexity index is 1250. The summed E-state index contributed by atoms with van der Waals surface area (Å²) >= 11 is 2.71. The Kier molecular flexibility index (Phi) is 7.36. The van der Waals surface area contributed by atoms with Gasteiger partial charge >= 0.3 is 0 Å². The predicted molar refractivity (Wildman–Crippen MR) is 130 cm³/mol. The number of benzene rings is 2. The van der Waals surface area contributed by atoms with Crippen LogP contribution in [0, 0.1) is 0 Å². The summed E-state index contributed by atoms with van der Waals surface area (Å²) in [4.78, 5) is 31.2. The first kappa shape index (κ1) is 22.3. The average Bonchev–Trinajstić information content (AvgIpc) is 3.26. The van der Waals surface area contributed by atoms with Crippen LogP contribution in [0.5, 0.6) is 0 Å². The van der Waals surface area contributed by atoms with Crippen molar-refractivity contribution in [3.63, 3.8) is 0 Å². The highest BCUT2D eigenvalue weighted by atomic mass is 32.2. The SMILES string of the molecule is COCCn1c(SCC(=O)NCc2ccccc2)nc2scc(-c3ccccc3)c2c1=O. The van der Waals surface area contributed by atoms with Gasteiger partial charge in [-0.25, -0.2) is 4.98 Å². The Morgan fingerprint density at radius 1 is 1.12 bits per heavy atom. The van der Waals surface area contributed by atoms with E-state index in [4.69, 9.17) is 9.72 Å². The molecule has 0 spiro atoms. The van der Waals surface area contributed by atoms with Gasteiger partial charge in [-0.05, 0) is 11.1 Å². The first-order valence-electron chi connectivity index (χ1n) is 10.2. The molecule has 0 unspecified atom stereocenters. The third kappa shape index (κ3) is 5.09. The zero-order chi connectivity index (χ0) is 22.3. The molecule has 0 radical (unpaired) electrons. The molecule has 0 aliphatic carbocycles. The van der Waals surface area contributed by atoms with Crippen molar-refractivity contribution in [2.24, 2.45) is 0 Å². The fourth-order valence-electron chi connectivity index (χ4n) is 3.30. The number of methoxy groups -OCH3 is 1. The van der Waals surface area contributed by atoms with Crippen molar-refractivity contribution in [1.29, 1.82) is 0 Å². The molecule has 0 aliphatic heterocycles. The third-order valence-electron chi connectivity index (χ3n) is 4.93. The molecule has 4 aromatic rings. The Balaban J connectivity index is 1.58. The zero-order valence-corrected chi connectivity index (χ0v) is 19.2. The zero-order valence-electron chi connectivity index (χ0n) is 17.6. The van der Waals surface area contributed by atoms with E-state index >= 15 is 0 Å². The second-order valence-electron chi connectivity index (χ2n) is 7.09. The van der Waals surface area contributed by atoms with Gasteiger partial charge in [0, 0.05) is 24.6 Å². The smallest absolute Gasteiger partial charge is 0.263 e. The molecule has 2 heterocycles. The summed E-state index contributed by atoms with van der Waals surface area (Å²) in [6.07, 6.45) is 0. The number of thiophene rings is 1. The second-order valence-corrected chi connectivity index (χ2v) is 8.89. The first-order chi connectivity index (χ1) is 15.7. The molecule has 0 atom stereocenters. The maximum atomic E-state index is 13.4. The average molecular weight is 466 g/mol. The van der Waals surface area contributed by atoms with Gasteiger partial charge in [0.25, 0.3) is 5.56 Å². The number of carbonyl (C=O) groups excluding carboxylic acids is 1. The maximum Gasteiger partial charge on any atom is 0.263 e. The number of amides is 1. The van der Waals surface area contributed by atoms with Gasteiger partial charge in [-0.3, -0.25) is 14.2 Å². The van der Waals surface area contributed by atoms with Gasteiger partial charge in [0.1, 0.15) is 4.83 Å². The molecular weight excluding hydrogens is 442 g/mol. The van der Waals surface area contributed by atoms with Crippen molar-refractivity contribution >= 4 is 39.2 Å². The van der Waals surface area contributed by atoms with Gasteiger partial charge in [-0.1, -0.05) is 72.4 Å². The topological polar surface area (TPSA) is 73.2 Å². The standard InChI is InChI=1S/C24H23N3O3S2/c1-30-13-12-27-23(29)21-19(18-10-6-3-7-11-18)15-31-22(21)26-24(27)32-16-20(28)25-14-17-8-4-2-5-9-17/h2-11,15H,12-14,16H2,1H3,(H,25,28). The highest BCUT2D eigenvalue weighted by Gasteiger charge is 2.18. The van der Waals surface area contributed by atoms with Crippen molar-refractivity contribution in [3.05, 3.63) is 82.0 Å². The van der Waals surface area contributed by atoms with E-state index in [2.05, 4.69) is 5.32 Å². The minimum atomic E-state index is -0.112. The number of fused-ring (bicyclic) bond motifs is 1. The predicted octanol–water partition coefficient (Wildman–Crippen LogP) is 4.18. The van der Waals surface area contributed by atoms with E-state index in [-0.39, 0.29) is 17.2 Å². The molecule has 6 nitrogen and oxygen atoms in total. The summed E-state index contributed by atoms with van der Waals surface area (Å²) in [5.74, 6) is 0.0666. The monoisotopic (exact) mass is 465 g/mol. The van der Waals surface area contributed by atoms with Gasteiger partial charge in [-0.15, -0.1) is 11.3 Å². The molecule has 2 aromatic heterocycles. The lowest BCUT2D eigenvalue weighted by Gasteiger charge is -2.12. The highest BCUT2D eigenvalue weighted by Crippen LogP contribution is 2.32. The largest absolute Gasteiger partial charge is 0.383 e. The number of rotatable bonds is 9. The molecule has 8 heteroatoms. The number of thioether (sulfide) groups is 1. The lowest BCUT2D eigenvalue weighted by molar-refractivity contribution is -0.118. The summed E-state index contributed by atoms with van der Waals surface area (Å²) in [5, 5.41) is 6.01. The van der Waals surface area contributed by atoms with Gasteiger partial charge in [0.2, 0.25) is 5.91 Å². The molecule has 1 amide bonds. The molecule has 0 fully saturated rings. The van der Waals surface area contributed by atoms with Gasteiger partial charge < -0.3 is 10.1 Å². The molecule has 0 saturated heterocycles. The molecule has 32 heavy (non-hydrogen) atoms. The highest BCUT2D eigenvalue weighted by molar-refractivity contribution is 7.99. The van der Waals surface area contributed by atoms with Crippen LogP contribution in [0.2, 0.25) is 0 Å². The molecule has 0 bridgehead atoms. The lowest BCUT2D eigenvalue weighted by Crippen LogP contribution is -2.27. The van der Waals surface area contributed by atoms with Crippen LogP contribution in [0.1, 0.15) is 5.56 Å². The van der Waals surface area contributed by atoms with Crippen LogP contribution in [-0.4, -0.2) is 34.9 Å². The van der Waals surface area contributed by atoms with Crippen LogP contribution in [-0.2, 0) is 22.6 Å². The first-order valence-corrected chi connectivity index (χ1v) is 12.0. The maximum absolute atomic E-state index is 13.4. The van der Waals surface area contributed by atoms with Crippen molar-refractivity contribution in [3.8, 4) is 11.1 Å². The van der Waals surface area contributed by atoms with E-state index in [1.807, 2.05) is 66.0 Å². The Morgan fingerprint density at radius 2 is 1.84 bits per heavy atom. The second kappa shape index (κ2) is 10.6. The summed E-state index contributed by atoms with van der Waals surface area (Å²) in [7, 11) is 1.60. The molecule has 1 N–H and O–H groups in total. The fourth-order valence-corrected chi connectivity index (χ4v) is 5.15. The summed E-state index contributed by atoms with van der Waals surface area (Å²) in [6.45, 7) is 1.22. The van der Waals surface area contributed by atoms with Crippen molar-refractivity contribution in [2.45, 2.75) is 18.2 Å². The van der Waals surface area contributed by atoms with Gasteiger partial charge in [-0.2, -0.15) is 0 Å². The molecule has 0 saturated carbocycles. The Morgan fingerprint density at radius 3 is 2.56 bits per heavy atom. The Labute approximate surface area is 194 Å².